The first-order valence-electron chi connectivity index (χ1n) is 5.40. The lowest BCUT2D eigenvalue weighted by atomic mass is 10.1. The summed E-state index contributed by atoms with van der Waals surface area (Å²) in [6.07, 6.45) is 0.901. The van der Waals surface area contributed by atoms with Gasteiger partial charge in [0, 0.05) is 16.8 Å². The largest absolute Gasteiger partial charge is 0.497 e. The van der Waals surface area contributed by atoms with Crippen molar-refractivity contribution in [3.05, 3.63) is 29.5 Å². The topological polar surface area (TPSA) is 48.1 Å². The predicted molar refractivity (Wildman–Crippen MR) is 66.8 cm³/mol. The Bertz CT molecular complexity index is 535. The molecule has 2 N–H and O–H groups in total. The molecule has 1 heterocycles. The molecule has 0 aliphatic rings. The van der Waals surface area contributed by atoms with Gasteiger partial charge in [0.1, 0.15) is 5.75 Å². The van der Waals surface area contributed by atoms with Gasteiger partial charge < -0.3 is 10.5 Å². The van der Waals surface area contributed by atoms with Crippen molar-refractivity contribution in [3.63, 3.8) is 0 Å². The Kier molecular flexibility index (Phi) is 2.69. The molecule has 84 valence electrons. The summed E-state index contributed by atoms with van der Waals surface area (Å²) in [5.41, 5.74) is 10.00. The van der Waals surface area contributed by atoms with Gasteiger partial charge in [-0.25, -0.2) is 0 Å². The zero-order valence-corrected chi connectivity index (χ0v) is 9.87. The van der Waals surface area contributed by atoms with Crippen LogP contribution in [0, 0.1) is 6.92 Å². The quantitative estimate of drug-likeness (QED) is 0.839. The maximum atomic E-state index is 6.12. The van der Waals surface area contributed by atoms with Gasteiger partial charge in [-0.1, -0.05) is 6.92 Å². The van der Waals surface area contributed by atoms with E-state index in [-0.39, 0.29) is 0 Å². The van der Waals surface area contributed by atoms with Gasteiger partial charge in [-0.3, -0.25) is 4.98 Å². The second-order valence-corrected chi connectivity index (χ2v) is 3.83. The van der Waals surface area contributed by atoms with Crippen LogP contribution in [0.15, 0.2) is 18.2 Å². The van der Waals surface area contributed by atoms with Crippen molar-refractivity contribution in [2.45, 2.75) is 20.3 Å². The number of hydrogen-bond acceptors (Lipinski definition) is 3. The Balaban J connectivity index is 2.77. The van der Waals surface area contributed by atoms with Gasteiger partial charge in [0.15, 0.2) is 0 Å². The highest BCUT2D eigenvalue weighted by Crippen LogP contribution is 2.28. The highest BCUT2D eigenvalue weighted by molar-refractivity contribution is 5.93. The number of pyridine rings is 1. The molecule has 0 saturated carbocycles. The van der Waals surface area contributed by atoms with Crippen molar-refractivity contribution in [3.8, 4) is 5.75 Å². The smallest absolute Gasteiger partial charge is 0.119 e. The molecule has 0 fully saturated rings. The third-order valence-electron chi connectivity index (χ3n) is 2.92. The number of aromatic nitrogens is 1. The number of anilines is 1. The van der Waals surface area contributed by atoms with E-state index in [4.69, 9.17) is 10.5 Å². The van der Waals surface area contributed by atoms with Crippen molar-refractivity contribution in [2.75, 3.05) is 12.8 Å². The lowest BCUT2D eigenvalue weighted by molar-refractivity contribution is 0.415. The SMILES string of the molecule is CCc1nc2ccc(OC)cc2c(N)c1C. The monoisotopic (exact) mass is 216 g/mol. The molecule has 0 amide bonds. The van der Waals surface area contributed by atoms with Gasteiger partial charge in [0.25, 0.3) is 0 Å². The first kappa shape index (κ1) is 10.7. The van der Waals surface area contributed by atoms with E-state index in [1.54, 1.807) is 7.11 Å². The van der Waals surface area contributed by atoms with Gasteiger partial charge >= 0.3 is 0 Å². The number of methoxy groups -OCH3 is 1. The van der Waals surface area contributed by atoms with Crippen LogP contribution in [0.1, 0.15) is 18.2 Å². The number of nitrogens with zero attached hydrogens (tertiary/aromatic N) is 1. The maximum absolute atomic E-state index is 6.12. The van der Waals surface area contributed by atoms with Crippen LogP contribution in [-0.2, 0) is 6.42 Å². The summed E-state index contributed by atoms with van der Waals surface area (Å²) in [6.45, 7) is 4.10. The van der Waals surface area contributed by atoms with Crippen LogP contribution in [0.25, 0.3) is 10.9 Å². The molecule has 0 unspecified atom stereocenters. The summed E-state index contributed by atoms with van der Waals surface area (Å²) < 4.78 is 5.19. The van der Waals surface area contributed by atoms with Crippen molar-refractivity contribution in [2.24, 2.45) is 0 Å². The number of aryl methyl sites for hydroxylation is 1. The number of fused-ring (bicyclic) bond motifs is 1. The van der Waals surface area contributed by atoms with Gasteiger partial charge in [-0.15, -0.1) is 0 Å². The molecule has 0 saturated heterocycles. The standard InChI is InChI=1S/C13H16N2O/c1-4-11-8(2)13(14)10-7-9(16-3)5-6-12(10)15-11/h5-7H,4H2,1-3H3,(H2,14,15). The van der Waals surface area contributed by atoms with Crippen LogP contribution in [0.4, 0.5) is 5.69 Å². The predicted octanol–water partition coefficient (Wildman–Crippen LogP) is 2.70. The summed E-state index contributed by atoms with van der Waals surface area (Å²) >= 11 is 0. The lowest BCUT2D eigenvalue weighted by Crippen LogP contribution is -2.00. The Morgan fingerprint density at radius 2 is 2.12 bits per heavy atom. The van der Waals surface area contributed by atoms with Crippen LogP contribution in [0.3, 0.4) is 0 Å². The molecule has 0 aliphatic carbocycles. The van der Waals surface area contributed by atoms with Crippen molar-refractivity contribution in [1.82, 2.24) is 4.98 Å². The first-order valence-corrected chi connectivity index (χ1v) is 5.40. The van der Waals surface area contributed by atoms with Gasteiger partial charge in [-0.05, 0) is 37.1 Å². The highest BCUT2D eigenvalue weighted by Gasteiger charge is 2.08. The normalized spacial score (nSPS) is 10.7. The van der Waals surface area contributed by atoms with E-state index in [1.165, 1.54) is 0 Å². The minimum atomic E-state index is 0.806. The van der Waals surface area contributed by atoms with E-state index < -0.39 is 0 Å². The molecular formula is C13H16N2O. The summed E-state index contributed by atoms with van der Waals surface area (Å²) in [7, 11) is 1.65. The minimum Gasteiger partial charge on any atom is -0.497 e. The molecule has 0 radical (unpaired) electrons. The molecule has 1 aromatic heterocycles. The maximum Gasteiger partial charge on any atom is 0.119 e. The van der Waals surface area contributed by atoms with E-state index in [1.807, 2.05) is 25.1 Å². The molecular weight excluding hydrogens is 200 g/mol. The molecule has 1 aromatic carbocycles. The number of nitrogen functional groups attached to an aromatic ring is 1. The summed E-state index contributed by atoms with van der Waals surface area (Å²) in [5, 5.41) is 0.967. The molecule has 0 spiro atoms. The van der Waals surface area contributed by atoms with E-state index in [9.17, 15) is 0 Å². The van der Waals surface area contributed by atoms with Crippen LogP contribution in [0.2, 0.25) is 0 Å². The minimum absolute atomic E-state index is 0.806. The molecule has 0 atom stereocenters. The zero-order valence-electron chi connectivity index (χ0n) is 9.87. The molecule has 0 aliphatic heterocycles. The molecule has 3 heteroatoms. The van der Waals surface area contributed by atoms with Crippen LogP contribution >= 0.6 is 0 Å². The van der Waals surface area contributed by atoms with Gasteiger partial charge in [0.05, 0.1) is 12.6 Å². The first-order chi connectivity index (χ1) is 7.67. The van der Waals surface area contributed by atoms with Gasteiger partial charge in [0.2, 0.25) is 0 Å². The van der Waals surface area contributed by atoms with E-state index >= 15 is 0 Å². The summed E-state index contributed by atoms with van der Waals surface area (Å²) in [6, 6.07) is 5.79. The van der Waals surface area contributed by atoms with Crippen LogP contribution in [-0.4, -0.2) is 12.1 Å². The van der Waals surface area contributed by atoms with E-state index in [0.29, 0.717) is 0 Å². The van der Waals surface area contributed by atoms with E-state index in [2.05, 4.69) is 11.9 Å². The molecule has 3 nitrogen and oxygen atoms in total. The Morgan fingerprint density at radius 1 is 1.38 bits per heavy atom. The third-order valence-corrected chi connectivity index (χ3v) is 2.92. The van der Waals surface area contributed by atoms with Crippen LogP contribution in [0.5, 0.6) is 5.75 Å². The fourth-order valence-corrected chi connectivity index (χ4v) is 1.89. The molecule has 2 aromatic rings. The molecule has 2 rings (SSSR count). The number of nitrogens with two attached hydrogens (primary N) is 1. The fourth-order valence-electron chi connectivity index (χ4n) is 1.89. The number of hydrogen-bond donors (Lipinski definition) is 1. The zero-order chi connectivity index (χ0) is 11.7. The van der Waals surface area contributed by atoms with Crippen LogP contribution < -0.4 is 10.5 Å². The fraction of sp³-hybridized carbons (Fsp3) is 0.308. The number of benzene rings is 1. The molecule has 0 bridgehead atoms. The number of ether oxygens (including phenoxy) is 1. The van der Waals surface area contributed by atoms with Crippen molar-refractivity contribution >= 4 is 16.6 Å². The van der Waals surface area contributed by atoms with Gasteiger partial charge in [-0.2, -0.15) is 0 Å². The highest BCUT2D eigenvalue weighted by atomic mass is 16.5. The summed E-state index contributed by atoms with van der Waals surface area (Å²) in [5.74, 6) is 0.810. The Labute approximate surface area is 95.2 Å². The molecule has 16 heavy (non-hydrogen) atoms. The third kappa shape index (κ3) is 1.58. The van der Waals surface area contributed by atoms with E-state index in [0.717, 1.165) is 40.0 Å². The summed E-state index contributed by atoms with van der Waals surface area (Å²) in [4.78, 5) is 4.59. The van der Waals surface area contributed by atoms with Crippen molar-refractivity contribution in [1.29, 1.82) is 0 Å². The average molecular weight is 216 g/mol. The van der Waals surface area contributed by atoms with Crippen molar-refractivity contribution < 1.29 is 4.74 Å². The lowest BCUT2D eigenvalue weighted by Gasteiger charge is -2.10. The number of rotatable bonds is 2. The second-order valence-electron chi connectivity index (χ2n) is 3.83. The average Bonchev–Trinajstić information content (AvgIpc) is 2.33. The second kappa shape index (κ2) is 4.00. The Morgan fingerprint density at radius 3 is 2.75 bits per heavy atom. The Hall–Kier alpha value is -1.77.